The van der Waals surface area contributed by atoms with Gasteiger partial charge in [-0.15, -0.1) is 5.10 Å². The molecule has 1 atom stereocenters. The highest BCUT2D eigenvalue weighted by atomic mass is 32.2. The van der Waals surface area contributed by atoms with Crippen LogP contribution in [0.25, 0.3) is 5.69 Å². The van der Waals surface area contributed by atoms with E-state index in [1.807, 2.05) is 37.3 Å². The monoisotopic (exact) mass is 235 g/mol. The first-order valence-electron chi connectivity index (χ1n) is 4.99. The maximum Gasteiger partial charge on any atom is 0.214 e. The fourth-order valence-electron chi connectivity index (χ4n) is 1.21. The average Bonchev–Trinajstić information content (AvgIpc) is 2.75. The van der Waals surface area contributed by atoms with Crippen LogP contribution in [0.2, 0.25) is 0 Å². The maximum atomic E-state index is 5.70. The number of hydrogen-bond donors (Lipinski definition) is 1. The van der Waals surface area contributed by atoms with Gasteiger partial charge >= 0.3 is 0 Å². The van der Waals surface area contributed by atoms with Gasteiger partial charge in [-0.1, -0.05) is 30.0 Å². The van der Waals surface area contributed by atoms with Crippen molar-refractivity contribution in [1.29, 1.82) is 0 Å². The van der Waals surface area contributed by atoms with Gasteiger partial charge in [-0.2, -0.15) is 4.68 Å². The summed E-state index contributed by atoms with van der Waals surface area (Å²) in [5.74, 6) is 0.799. The lowest BCUT2D eigenvalue weighted by Gasteiger charge is -2.05. The molecule has 1 heterocycles. The van der Waals surface area contributed by atoms with Crippen LogP contribution in [0.5, 0.6) is 0 Å². The molecule has 0 saturated carbocycles. The molecule has 2 aromatic rings. The molecule has 0 spiro atoms. The molecule has 0 bridgehead atoms. The van der Waals surface area contributed by atoms with Crippen molar-refractivity contribution in [2.24, 2.45) is 5.73 Å². The van der Waals surface area contributed by atoms with E-state index in [4.69, 9.17) is 5.73 Å². The minimum atomic E-state index is 0.130. The van der Waals surface area contributed by atoms with Gasteiger partial charge in [-0.25, -0.2) is 0 Å². The van der Waals surface area contributed by atoms with Crippen molar-refractivity contribution in [2.75, 3.05) is 5.75 Å². The summed E-state index contributed by atoms with van der Waals surface area (Å²) < 4.78 is 1.72. The Morgan fingerprint density at radius 2 is 2.12 bits per heavy atom. The molecule has 5 nitrogen and oxygen atoms in total. The van der Waals surface area contributed by atoms with Crippen molar-refractivity contribution < 1.29 is 0 Å². The summed E-state index contributed by atoms with van der Waals surface area (Å²) in [5.41, 5.74) is 6.66. The fraction of sp³-hybridized carbons (Fsp3) is 0.300. The van der Waals surface area contributed by atoms with Gasteiger partial charge in [0.1, 0.15) is 0 Å². The molecule has 1 aromatic carbocycles. The van der Waals surface area contributed by atoms with Crippen LogP contribution >= 0.6 is 11.8 Å². The van der Waals surface area contributed by atoms with Crippen molar-refractivity contribution in [3.8, 4) is 5.69 Å². The van der Waals surface area contributed by atoms with Crippen LogP contribution in [0, 0.1) is 0 Å². The van der Waals surface area contributed by atoms with Gasteiger partial charge in [0.25, 0.3) is 0 Å². The Bertz CT molecular complexity index is 439. The summed E-state index contributed by atoms with van der Waals surface area (Å²) in [7, 11) is 0. The molecule has 0 amide bonds. The molecule has 0 unspecified atom stereocenters. The molecule has 0 fully saturated rings. The first-order valence-corrected chi connectivity index (χ1v) is 5.98. The zero-order chi connectivity index (χ0) is 11.4. The number of benzene rings is 1. The molecule has 0 radical (unpaired) electrons. The fourth-order valence-corrected chi connectivity index (χ4v) is 1.98. The first-order chi connectivity index (χ1) is 7.77. The minimum absolute atomic E-state index is 0.130. The topological polar surface area (TPSA) is 69.6 Å². The summed E-state index contributed by atoms with van der Waals surface area (Å²) in [5, 5.41) is 12.4. The number of nitrogens with two attached hydrogens (primary N) is 1. The second-order valence-corrected chi connectivity index (χ2v) is 4.48. The Balaban J connectivity index is 2.19. The van der Waals surface area contributed by atoms with Gasteiger partial charge in [-0.3, -0.25) is 0 Å². The van der Waals surface area contributed by atoms with E-state index in [1.54, 1.807) is 16.4 Å². The van der Waals surface area contributed by atoms with Crippen molar-refractivity contribution in [3.63, 3.8) is 0 Å². The number of nitrogens with zero attached hydrogens (tertiary/aromatic N) is 4. The van der Waals surface area contributed by atoms with Gasteiger partial charge < -0.3 is 5.73 Å². The highest BCUT2D eigenvalue weighted by Crippen LogP contribution is 2.17. The Kier molecular flexibility index (Phi) is 3.53. The number of hydrogen-bond acceptors (Lipinski definition) is 5. The second kappa shape index (κ2) is 5.09. The third kappa shape index (κ3) is 2.59. The van der Waals surface area contributed by atoms with E-state index in [-0.39, 0.29) is 6.04 Å². The Hall–Kier alpha value is -1.40. The Morgan fingerprint density at radius 1 is 1.38 bits per heavy atom. The minimum Gasteiger partial charge on any atom is -0.327 e. The van der Waals surface area contributed by atoms with Crippen molar-refractivity contribution in [1.82, 2.24) is 20.2 Å². The summed E-state index contributed by atoms with van der Waals surface area (Å²) >= 11 is 1.56. The summed E-state index contributed by atoms with van der Waals surface area (Å²) in [6.07, 6.45) is 0. The van der Waals surface area contributed by atoms with Crippen LogP contribution in [0.4, 0.5) is 0 Å². The predicted molar refractivity (Wildman–Crippen MR) is 63.5 cm³/mol. The Morgan fingerprint density at radius 3 is 2.81 bits per heavy atom. The van der Waals surface area contributed by atoms with Gasteiger partial charge in [0.15, 0.2) is 0 Å². The largest absolute Gasteiger partial charge is 0.327 e. The molecule has 1 aromatic heterocycles. The van der Waals surface area contributed by atoms with E-state index in [0.717, 1.165) is 16.6 Å². The van der Waals surface area contributed by atoms with Crippen LogP contribution in [0.3, 0.4) is 0 Å². The number of para-hydroxylation sites is 1. The number of aromatic nitrogens is 4. The molecule has 84 valence electrons. The SMILES string of the molecule is C[C@@H](N)CSc1nnnn1-c1ccccc1. The lowest BCUT2D eigenvalue weighted by atomic mass is 10.3. The lowest BCUT2D eigenvalue weighted by molar-refractivity contribution is 0.754. The highest BCUT2D eigenvalue weighted by Gasteiger charge is 2.08. The predicted octanol–water partition coefficient (Wildman–Crippen LogP) is 1.10. The molecular weight excluding hydrogens is 222 g/mol. The summed E-state index contributed by atoms with van der Waals surface area (Å²) in [6.45, 7) is 1.96. The highest BCUT2D eigenvalue weighted by molar-refractivity contribution is 7.99. The van der Waals surface area contributed by atoms with E-state index >= 15 is 0 Å². The van der Waals surface area contributed by atoms with E-state index in [1.165, 1.54) is 0 Å². The van der Waals surface area contributed by atoms with E-state index in [9.17, 15) is 0 Å². The molecule has 16 heavy (non-hydrogen) atoms. The van der Waals surface area contributed by atoms with Crippen molar-refractivity contribution >= 4 is 11.8 Å². The third-order valence-electron chi connectivity index (χ3n) is 1.92. The number of tetrazole rings is 1. The zero-order valence-electron chi connectivity index (χ0n) is 8.95. The van der Waals surface area contributed by atoms with Crippen LogP contribution in [0.1, 0.15) is 6.92 Å². The molecule has 0 aliphatic rings. The van der Waals surface area contributed by atoms with Gasteiger partial charge in [0, 0.05) is 11.8 Å². The standard InChI is InChI=1S/C10H13N5S/c1-8(11)7-16-10-12-13-14-15(10)9-5-3-2-4-6-9/h2-6,8H,7,11H2,1H3/t8-/m1/s1. The van der Waals surface area contributed by atoms with Gasteiger partial charge in [0.2, 0.25) is 5.16 Å². The van der Waals surface area contributed by atoms with E-state index < -0.39 is 0 Å². The normalized spacial score (nSPS) is 12.6. The molecule has 6 heteroatoms. The smallest absolute Gasteiger partial charge is 0.214 e. The third-order valence-corrected chi connectivity index (χ3v) is 3.12. The van der Waals surface area contributed by atoms with Gasteiger partial charge in [0.05, 0.1) is 5.69 Å². The molecule has 0 aliphatic heterocycles. The quantitative estimate of drug-likeness (QED) is 0.804. The first kappa shape index (κ1) is 11.1. The molecule has 2 N–H and O–H groups in total. The maximum absolute atomic E-state index is 5.70. The summed E-state index contributed by atoms with van der Waals surface area (Å²) in [4.78, 5) is 0. The molecule has 0 saturated heterocycles. The van der Waals surface area contributed by atoms with E-state index in [0.29, 0.717) is 0 Å². The van der Waals surface area contributed by atoms with Gasteiger partial charge in [-0.05, 0) is 29.5 Å². The second-order valence-electron chi connectivity index (χ2n) is 3.50. The summed E-state index contributed by atoms with van der Waals surface area (Å²) in [6, 6.07) is 9.93. The molecule has 0 aliphatic carbocycles. The van der Waals surface area contributed by atoms with Crippen LogP contribution in [0.15, 0.2) is 35.5 Å². The lowest BCUT2D eigenvalue weighted by Crippen LogP contribution is -2.17. The molecular formula is C10H13N5S. The average molecular weight is 235 g/mol. The van der Waals surface area contributed by atoms with Crippen LogP contribution in [-0.2, 0) is 0 Å². The van der Waals surface area contributed by atoms with Crippen LogP contribution in [-0.4, -0.2) is 32.0 Å². The zero-order valence-corrected chi connectivity index (χ0v) is 9.76. The van der Waals surface area contributed by atoms with E-state index in [2.05, 4.69) is 15.5 Å². The molecule has 2 rings (SSSR count). The number of rotatable bonds is 4. The number of thioether (sulfide) groups is 1. The van der Waals surface area contributed by atoms with Crippen LogP contribution < -0.4 is 5.73 Å². The van der Waals surface area contributed by atoms with Crippen molar-refractivity contribution in [3.05, 3.63) is 30.3 Å². The Labute approximate surface area is 98.0 Å². The van der Waals surface area contributed by atoms with Crippen molar-refractivity contribution in [2.45, 2.75) is 18.1 Å².